The highest BCUT2D eigenvalue weighted by Gasteiger charge is 1.99. The van der Waals surface area contributed by atoms with Crippen LogP contribution in [0.3, 0.4) is 0 Å². The van der Waals surface area contributed by atoms with Crippen LogP contribution in [0.2, 0.25) is 0 Å². The molecule has 0 radical (unpaired) electrons. The second-order valence-electron chi connectivity index (χ2n) is 3.54. The molecule has 0 saturated heterocycles. The molecule has 1 heterocycles. The van der Waals surface area contributed by atoms with Gasteiger partial charge in [0.2, 0.25) is 0 Å². The molecule has 1 aromatic heterocycles. The standard InChI is InChI=1S/C11H19N3OS2/c1-3-15-6-4-5-12-11(16)13-7-10-14-9(2)8-17-10/h8H,3-7H2,1-2H3,(H2,12,13,16). The molecule has 0 atom stereocenters. The smallest absolute Gasteiger partial charge is 0.166 e. The lowest BCUT2D eigenvalue weighted by molar-refractivity contribution is 0.145. The predicted octanol–water partition coefficient (Wildman–Crippen LogP) is 1.84. The first-order chi connectivity index (χ1) is 8.22. The lowest BCUT2D eigenvalue weighted by Gasteiger charge is -2.09. The molecule has 0 aromatic carbocycles. The van der Waals surface area contributed by atoms with Gasteiger partial charge < -0.3 is 15.4 Å². The Morgan fingerprint density at radius 3 is 3.00 bits per heavy atom. The highest BCUT2D eigenvalue weighted by Crippen LogP contribution is 2.07. The number of thiocarbonyl (C=S) groups is 1. The molecule has 96 valence electrons. The number of hydrogen-bond acceptors (Lipinski definition) is 4. The van der Waals surface area contributed by atoms with Crippen molar-refractivity contribution in [2.24, 2.45) is 0 Å². The Bertz CT molecular complexity index is 341. The van der Waals surface area contributed by atoms with Gasteiger partial charge in [0.05, 0.1) is 6.54 Å². The summed E-state index contributed by atoms with van der Waals surface area (Å²) < 4.78 is 5.24. The number of nitrogens with one attached hydrogen (secondary N) is 2. The number of hydrogen-bond donors (Lipinski definition) is 2. The lowest BCUT2D eigenvalue weighted by atomic mass is 10.4. The van der Waals surface area contributed by atoms with Crippen molar-refractivity contribution < 1.29 is 4.74 Å². The van der Waals surface area contributed by atoms with E-state index in [-0.39, 0.29) is 0 Å². The van der Waals surface area contributed by atoms with Gasteiger partial charge in [-0.15, -0.1) is 11.3 Å². The summed E-state index contributed by atoms with van der Waals surface area (Å²) in [5.41, 5.74) is 1.06. The Kier molecular flexibility index (Phi) is 7.07. The first-order valence-corrected chi connectivity index (χ1v) is 7.01. The number of rotatable bonds is 7. The van der Waals surface area contributed by atoms with Crippen molar-refractivity contribution >= 4 is 28.7 Å². The molecule has 0 spiro atoms. The zero-order chi connectivity index (χ0) is 12.5. The summed E-state index contributed by atoms with van der Waals surface area (Å²) in [6.07, 6.45) is 0.964. The van der Waals surface area contributed by atoms with Crippen LogP contribution in [0.5, 0.6) is 0 Å². The Balaban J connectivity index is 2.05. The van der Waals surface area contributed by atoms with Crippen LogP contribution in [0.15, 0.2) is 5.38 Å². The first kappa shape index (κ1) is 14.3. The third-order valence-corrected chi connectivity index (χ3v) is 3.28. The van der Waals surface area contributed by atoms with Crippen molar-refractivity contribution in [1.82, 2.24) is 15.6 Å². The third-order valence-electron chi connectivity index (χ3n) is 2.02. The van der Waals surface area contributed by atoms with E-state index in [1.807, 2.05) is 19.2 Å². The van der Waals surface area contributed by atoms with E-state index in [0.717, 1.165) is 36.9 Å². The van der Waals surface area contributed by atoms with Gasteiger partial charge in [0.15, 0.2) is 5.11 Å². The molecule has 1 aromatic rings. The lowest BCUT2D eigenvalue weighted by Crippen LogP contribution is -2.35. The summed E-state index contributed by atoms with van der Waals surface area (Å²) in [5, 5.41) is 10.0. The minimum atomic E-state index is 0.675. The summed E-state index contributed by atoms with van der Waals surface area (Å²) >= 11 is 6.80. The minimum Gasteiger partial charge on any atom is -0.382 e. The Morgan fingerprint density at radius 1 is 1.53 bits per heavy atom. The minimum absolute atomic E-state index is 0.675. The highest BCUT2D eigenvalue weighted by molar-refractivity contribution is 7.80. The van der Waals surface area contributed by atoms with E-state index in [1.165, 1.54) is 0 Å². The Hall–Kier alpha value is -0.720. The van der Waals surface area contributed by atoms with E-state index in [0.29, 0.717) is 11.7 Å². The molecule has 1 rings (SSSR count). The van der Waals surface area contributed by atoms with Crippen LogP contribution in [0.4, 0.5) is 0 Å². The number of nitrogens with zero attached hydrogens (tertiary/aromatic N) is 1. The molecule has 0 aliphatic carbocycles. The van der Waals surface area contributed by atoms with Gasteiger partial charge in [0, 0.05) is 30.8 Å². The average molecular weight is 273 g/mol. The predicted molar refractivity (Wildman–Crippen MR) is 75.4 cm³/mol. The fraction of sp³-hybridized carbons (Fsp3) is 0.636. The van der Waals surface area contributed by atoms with E-state index in [1.54, 1.807) is 11.3 Å². The van der Waals surface area contributed by atoms with Crippen molar-refractivity contribution in [2.75, 3.05) is 19.8 Å². The van der Waals surface area contributed by atoms with Crippen LogP contribution in [0.1, 0.15) is 24.0 Å². The molecule has 6 heteroatoms. The Morgan fingerprint density at radius 2 is 2.35 bits per heavy atom. The van der Waals surface area contributed by atoms with Crippen LogP contribution < -0.4 is 10.6 Å². The maximum absolute atomic E-state index is 5.24. The van der Waals surface area contributed by atoms with Crippen LogP contribution in [-0.2, 0) is 11.3 Å². The molecule has 17 heavy (non-hydrogen) atoms. The monoisotopic (exact) mass is 273 g/mol. The third kappa shape index (κ3) is 6.55. The highest BCUT2D eigenvalue weighted by atomic mass is 32.1. The zero-order valence-electron chi connectivity index (χ0n) is 10.3. The molecular formula is C11H19N3OS2. The van der Waals surface area contributed by atoms with Gasteiger partial charge >= 0.3 is 0 Å². The van der Waals surface area contributed by atoms with Gasteiger partial charge in [-0.05, 0) is 32.5 Å². The van der Waals surface area contributed by atoms with Crippen molar-refractivity contribution in [3.63, 3.8) is 0 Å². The normalized spacial score (nSPS) is 10.2. The number of ether oxygens (including phenoxy) is 1. The van der Waals surface area contributed by atoms with Gasteiger partial charge in [0.1, 0.15) is 5.01 Å². The van der Waals surface area contributed by atoms with Crippen molar-refractivity contribution in [2.45, 2.75) is 26.8 Å². The van der Waals surface area contributed by atoms with Crippen molar-refractivity contribution in [3.8, 4) is 0 Å². The maximum Gasteiger partial charge on any atom is 0.166 e. The van der Waals surface area contributed by atoms with Gasteiger partial charge in [0.25, 0.3) is 0 Å². The van der Waals surface area contributed by atoms with Crippen LogP contribution in [0, 0.1) is 6.92 Å². The molecule has 4 nitrogen and oxygen atoms in total. The van der Waals surface area contributed by atoms with Gasteiger partial charge in [-0.25, -0.2) is 4.98 Å². The molecule has 0 fully saturated rings. The van der Waals surface area contributed by atoms with Crippen LogP contribution in [0.25, 0.3) is 0 Å². The molecule has 2 N–H and O–H groups in total. The second kappa shape index (κ2) is 8.38. The van der Waals surface area contributed by atoms with Gasteiger partial charge in [-0.1, -0.05) is 0 Å². The zero-order valence-corrected chi connectivity index (χ0v) is 11.9. The average Bonchev–Trinajstić information content (AvgIpc) is 2.72. The van der Waals surface area contributed by atoms with Crippen molar-refractivity contribution in [3.05, 3.63) is 16.1 Å². The molecule has 0 amide bonds. The first-order valence-electron chi connectivity index (χ1n) is 5.72. The quantitative estimate of drug-likeness (QED) is 0.586. The van der Waals surface area contributed by atoms with E-state index < -0.39 is 0 Å². The number of aromatic nitrogens is 1. The summed E-state index contributed by atoms with van der Waals surface area (Å²) in [7, 11) is 0. The molecule has 0 aliphatic rings. The van der Waals surface area contributed by atoms with Crippen LogP contribution >= 0.6 is 23.6 Å². The van der Waals surface area contributed by atoms with Crippen molar-refractivity contribution in [1.29, 1.82) is 0 Å². The summed E-state index contributed by atoms with van der Waals surface area (Å²) in [4.78, 5) is 4.35. The maximum atomic E-state index is 5.24. The fourth-order valence-corrected chi connectivity index (χ4v) is 2.11. The van der Waals surface area contributed by atoms with E-state index >= 15 is 0 Å². The summed E-state index contributed by atoms with van der Waals surface area (Å²) in [6.45, 7) is 7.06. The van der Waals surface area contributed by atoms with Gasteiger partial charge in [-0.2, -0.15) is 0 Å². The molecule has 0 unspecified atom stereocenters. The van der Waals surface area contributed by atoms with Crippen LogP contribution in [-0.4, -0.2) is 29.9 Å². The largest absolute Gasteiger partial charge is 0.382 e. The Labute approximate surface area is 112 Å². The summed E-state index contributed by atoms with van der Waals surface area (Å²) in [6, 6.07) is 0. The van der Waals surface area contributed by atoms with E-state index in [9.17, 15) is 0 Å². The second-order valence-corrected chi connectivity index (χ2v) is 4.89. The van der Waals surface area contributed by atoms with E-state index in [4.69, 9.17) is 17.0 Å². The summed E-state index contributed by atoms with van der Waals surface area (Å²) in [5.74, 6) is 0. The number of thiazole rings is 1. The van der Waals surface area contributed by atoms with Gasteiger partial charge in [-0.3, -0.25) is 0 Å². The topological polar surface area (TPSA) is 46.2 Å². The fourth-order valence-electron chi connectivity index (χ4n) is 1.22. The number of aryl methyl sites for hydroxylation is 1. The molecule has 0 bridgehead atoms. The molecule has 0 aliphatic heterocycles. The molecule has 0 saturated carbocycles. The SMILES string of the molecule is CCOCCCNC(=S)NCc1nc(C)cs1. The van der Waals surface area contributed by atoms with E-state index in [2.05, 4.69) is 15.6 Å². The molecular weight excluding hydrogens is 254 g/mol.